The molecule has 0 saturated carbocycles. The third-order valence-corrected chi connectivity index (χ3v) is 14.8. The minimum Gasteiger partial charge on any atom is -0.228 e. The zero-order valence-electron chi connectivity index (χ0n) is 36.0. The number of hydrogen-bond donors (Lipinski definition) is 0. The van der Waals surface area contributed by atoms with Gasteiger partial charge in [-0.25, -0.2) is 9.97 Å². The molecule has 3 aliphatic carbocycles. The van der Waals surface area contributed by atoms with Gasteiger partial charge in [0.1, 0.15) is 0 Å². The largest absolute Gasteiger partial charge is 0.228 e. The standard InChI is InChI=1S/C64H40N2/c1-2-17-43(18-3-1)60-40-61(66-62(65-60)47-35-32-41-16-4-5-19-45(41)38-47)44-33-30-42(31-34-44)46-36-37-58-59(39-46)64(54-26-12-8-22-50(54)51-23-9-13-27-55(51)64)57-29-15-14-28-56(57)63(58)52-24-10-6-20-48(52)49-21-7-11-25-53(49)63/h1-40H. The fraction of sp³-hybridized carbons (Fsp3) is 0.0312. The molecule has 1 heterocycles. The second-order valence-electron chi connectivity index (χ2n) is 18.0. The van der Waals surface area contributed by atoms with Crippen molar-refractivity contribution in [1.82, 2.24) is 9.97 Å². The summed E-state index contributed by atoms with van der Waals surface area (Å²) in [4.78, 5) is 10.4. The van der Waals surface area contributed by atoms with Gasteiger partial charge in [0.2, 0.25) is 0 Å². The predicted octanol–water partition coefficient (Wildman–Crippen LogP) is 15.3. The average Bonchev–Trinajstić information content (AvgIpc) is 3.86. The van der Waals surface area contributed by atoms with Crippen molar-refractivity contribution in [1.29, 1.82) is 0 Å². The summed E-state index contributed by atoms with van der Waals surface area (Å²) in [5, 5.41) is 2.37. The van der Waals surface area contributed by atoms with Crippen LogP contribution in [0.4, 0.5) is 0 Å². The quantitative estimate of drug-likeness (QED) is 0.176. The van der Waals surface area contributed by atoms with E-state index in [-0.39, 0.29) is 0 Å². The summed E-state index contributed by atoms with van der Waals surface area (Å²) < 4.78 is 0. The number of rotatable bonds is 4. The van der Waals surface area contributed by atoms with Crippen LogP contribution in [0.2, 0.25) is 0 Å². The van der Waals surface area contributed by atoms with Gasteiger partial charge >= 0.3 is 0 Å². The highest BCUT2D eigenvalue weighted by atomic mass is 14.9. The Hall–Kier alpha value is -8.46. The zero-order valence-corrected chi connectivity index (χ0v) is 36.0. The van der Waals surface area contributed by atoms with Crippen LogP contribution in [-0.4, -0.2) is 9.97 Å². The van der Waals surface area contributed by atoms with Crippen LogP contribution in [0, 0.1) is 0 Å². The minimum atomic E-state index is -0.541. The third-order valence-electron chi connectivity index (χ3n) is 14.8. The van der Waals surface area contributed by atoms with Crippen LogP contribution in [-0.2, 0) is 10.8 Å². The molecule has 0 N–H and O–H groups in total. The van der Waals surface area contributed by atoms with Gasteiger partial charge in [-0.15, -0.1) is 0 Å². The molecule has 10 aromatic carbocycles. The van der Waals surface area contributed by atoms with E-state index in [0.717, 1.165) is 33.6 Å². The highest BCUT2D eigenvalue weighted by Gasteiger charge is 2.58. The Morgan fingerprint density at radius 1 is 0.227 bits per heavy atom. The highest BCUT2D eigenvalue weighted by Crippen LogP contribution is 2.67. The number of fused-ring (bicyclic) bond motifs is 17. The molecule has 0 amide bonds. The number of benzene rings is 10. The van der Waals surface area contributed by atoms with Crippen LogP contribution in [0.1, 0.15) is 44.5 Å². The minimum absolute atomic E-state index is 0.508. The fourth-order valence-corrected chi connectivity index (χ4v) is 12.1. The average molecular weight is 837 g/mol. The van der Waals surface area contributed by atoms with Gasteiger partial charge in [0.15, 0.2) is 5.82 Å². The first-order valence-electron chi connectivity index (χ1n) is 22.9. The summed E-state index contributed by atoms with van der Waals surface area (Å²) >= 11 is 0. The van der Waals surface area contributed by atoms with Crippen molar-refractivity contribution >= 4 is 10.8 Å². The van der Waals surface area contributed by atoms with Crippen molar-refractivity contribution in [3.8, 4) is 67.3 Å². The molecule has 0 unspecified atom stereocenters. The maximum absolute atomic E-state index is 5.24. The van der Waals surface area contributed by atoms with Crippen LogP contribution in [0.5, 0.6) is 0 Å². The summed E-state index contributed by atoms with van der Waals surface area (Å²) in [7, 11) is 0. The Bertz CT molecular complexity index is 3680. The Balaban J connectivity index is 0.981. The van der Waals surface area contributed by atoms with Gasteiger partial charge in [0, 0.05) is 16.7 Å². The molecule has 3 aliphatic rings. The van der Waals surface area contributed by atoms with Gasteiger partial charge in [0.25, 0.3) is 0 Å². The molecule has 0 fully saturated rings. The number of nitrogens with zero attached hydrogens (tertiary/aromatic N) is 2. The van der Waals surface area contributed by atoms with E-state index in [0.29, 0.717) is 5.82 Å². The van der Waals surface area contributed by atoms with E-state index in [1.54, 1.807) is 0 Å². The van der Waals surface area contributed by atoms with Crippen LogP contribution in [0.15, 0.2) is 243 Å². The van der Waals surface area contributed by atoms with Crippen LogP contribution in [0.25, 0.3) is 78.1 Å². The van der Waals surface area contributed by atoms with Crippen LogP contribution < -0.4 is 0 Å². The lowest BCUT2D eigenvalue weighted by atomic mass is 9.52. The van der Waals surface area contributed by atoms with Gasteiger partial charge in [-0.3, -0.25) is 0 Å². The first-order chi connectivity index (χ1) is 32.7. The van der Waals surface area contributed by atoms with Gasteiger partial charge in [-0.2, -0.15) is 0 Å². The van der Waals surface area contributed by atoms with E-state index >= 15 is 0 Å². The summed E-state index contributed by atoms with van der Waals surface area (Å²) in [6.45, 7) is 0. The summed E-state index contributed by atoms with van der Waals surface area (Å²) in [6, 6.07) is 89.6. The maximum Gasteiger partial charge on any atom is 0.160 e. The molecular formula is C64H40N2. The van der Waals surface area contributed by atoms with E-state index in [1.807, 2.05) is 6.07 Å². The molecule has 306 valence electrons. The summed E-state index contributed by atoms with van der Waals surface area (Å²) in [6.07, 6.45) is 0. The SMILES string of the molecule is c1ccc(-c2cc(-c3ccc(-c4ccc5c(c4)C4(c6ccccc6-c6ccccc64)c4ccccc4C54c5ccccc5-c5ccccc54)cc3)nc(-c3ccc4ccccc4c3)n2)cc1. The molecule has 14 rings (SSSR count). The molecule has 0 aliphatic heterocycles. The Morgan fingerprint density at radius 3 is 1.18 bits per heavy atom. The number of hydrogen-bond acceptors (Lipinski definition) is 2. The van der Waals surface area contributed by atoms with Crippen molar-refractivity contribution < 1.29 is 0 Å². The molecule has 2 spiro atoms. The molecular weight excluding hydrogens is 797 g/mol. The highest BCUT2D eigenvalue weighted by molar-refractivity contribution is 5.94. The monoisotopic (exact) mass is 836 g/mol. The summed E-state index contributed by atoms with van der Waals surface area (Å²) in [5.74, 6) is 0.711. The van der Waals surface area contributed by atoms with Crippen LogP contribution >= 0.6 is 0 Å². The smallest absolute Gasteiger partial charge is 0.160 e. The van der Waals surface area contributed by atoms with Crippen molar-refractivity contribution in [3.05, 3.63) is 287 Å². The van der Waals surface area contributed by atoms with E-state index in [9.17, 15) is 0 Å². The summed E-state index contributed by atoms with van der Waals surface area (Å²) in [5.41, 5.74) is 22.1. The second kappa shape index (κ2) is 14.0. The van der Waals surface area contributed by atoms with Gasteiger partial charge in [0.05, 0.1) is 22.2 Å². The molecule has 0 radical (unpaired) electrons. The molecule has 0 bridgehead atoms. The van der Waals surface area contributed by atoms with Gasteiger partial charge < -0.3 is 0 Å². The van der Waals surface area contributed by atoms with E-state index in [1.165, 1.54) is 83.1 Å². The normalized spacial score (nSPS) is 14.0. The van der Waals surface area contributed by atoms with E-state index in [2.05, 4.69) is 237 Å². The molecule has 66 heavy (non-hydrogen) atoms. The molecule has 0 saturated heterocycles. The zero-order chi connectivity index (χ0) is 43.4. The van der Waals surface area contributed by atoms with E-state index in [4.69, 9.17) is 9.97 Å². The molecule has 11 aromatic rings. The lowest BCUT2D eigenvalue weighted by molar-refractivity contribution is 0.633. The lowest BCUT2D eigenvalue weighted by Crippen LogP contribution is -2.43. The predicted molar refractivity (Wildman–Crippen MR) is 269 cm³/mol. The molecule has 1 aromatic heterocycles. The van der Waals surface area contributed by atoms with Crippen molar-refractivity contribution in [2.24, 2.45) is 0 Å². The van der Waals surface area contributed by atoms with Gasteiger partial charge in [-0.05, 0) is 107 Å². The van der Waals surface area contributed by atoms with E-state index < -0.39 is 10.8 Å². The Kier molecular flexibility index (Phi) is 7.85. The topological polar surface area (TPSA) is 25.8 Å². The van der Waals surface area contributed by atoms with Crippen molar-refractivity contribution in [2.45, 2.75) is 10.8 Å². The Labute approximate surface area is 384 Å². The Morgan fingerprint density at radius 2 is 0.621 bits per heavy atom. The van der Waals surface area contributed by atoms with Gasteiger partial charge in [-0.1, -0.05) is 224 Å². The van der Waals surface area contributed by atoms with Crippen LogP contribution in [0.3, 0.4) is 0 Å². The molecule has 2 nitrogen and oxygen atoms in total. The fourth-order valence-electron chi connectivity index (χ4n) is 12.1. The first kappa shape index (κ1) is 37.0. The lowest BCUT2D eigenvalue weighted by Gasteiger charge is -2.49. The first-order valence-corrected chi connectivity index (χ1v) is 22.9. The molecule has 0 atom stereocenters. The van der Waals surface area contributed by atoms with Crippen molar-refractivity contribution in [2.75, 3.05) is 0 Å². The third kappa shape index (κ3) is 5.01. The molecule has 2 heteroatoms. The second-order valence-corrected chi connectivity index (χ2v) is 18.0. The number of aromatic nitrogens is 2. The maximum atomic E-state index is 5.24. The van der Waals surface area contributed by atoms with Crippen molar-refractivity contribution in [3.63, 3.8) is 0 Å².